The minimum atomic E-state index is -0.368. The van der Waals surface area contributed by atoms with Gasteiger partial charge in [-0.15, -0.1) is 0 Å². The van der Waals surface area contributed by atoms with Gasteiger partial charge in [0.2, 0.25) is 35.8 Å². The van der Waals surface area contributed by atoms with E-state index < -0.39 is 0 Å². The third kappa shape index (κ3) is 17.9. The molecule has 16 nitrogen and oxygen atoms in total. The summed E-state index contributed by atoms with van der Waals surface area (Å²) in [4.78, 5) is 67.5. The van der Waals surface area contributed by atoms with Gasteiger partial charge in [-0.05, 0) is 108 Å². The van der Waals surface area contributed by atoms with Gasteiger partial charge in [-0.25, -0.2) is 19.3 Å². The Kier molecular flexibility index (Phi) is 21.9. The molecule has 3 aromatic rings. The van der Waals surface area contributed by atoms with Crippen molar-refractivity contribution >= 4 is 89.0 Å². The Labute approximate surface area is 430 Å². The third-order valence-corrected chi connectivity index (χ3v) is 12.6. The number of nitrogens with one attached hydrogen (secondary N) is 3. The van der Waals surface area contributed by atoms with Crippen LogP contribution in [-0.4, -0.2) is 78.4 Å². The first-order valence-electron chi connectivity index (χ1n) is 26.1. The highest BCUT2D eigenvalue weighted by atomic mass is 16.5. The van der Waals surface area contributed by atoms with Crippen molar-refractivity contribution in [1.29, 1.82) is 0 Å². The second-order valence-corrected chi connectivity index (χ2v) is 18.3. The lowest BCUT2D eigenvalue weighted by Crippen LogP contribution is -2.49. The number of guanidine groups is 6. The van der Waals surface area contributed by atoms with Crippen molar-refractivity contribution in [3.8, 4) is 0 Å². The van der Waals surface area contributed by atoms with Crippen molar-refractivity contribution < 1.29 is 28.6 Å². The number of nitrogens with zero attached hydrogens (tertiary/aromatic N) is 7. The van der Waals surface area contributed by atoms with Crippen LogP contribution in [0.1, 0.15) is 135 Å². The molecule has 3 N–H and O–H groups in total. The molecular formula is C57H72N10O6. The Morgan fingerprint density at radius 2 is 0.712 bits per heavy atom. The van der Waals surface area contributed by atoms with Crippen LogP contribution in [-0.2, 0) is 28.6 Å². The van der Waals surface area contributed by atoms with Gasteiger partial charge in [-0.1, -0.05) is 136 Å². The summed E-state index contributed by atoms with van der Waals surface area (Å²) in [7, 11) is 0. The van der Waals surface area contributed by atoms with Crippen LogP contribution in [0.15, 0.2) is 121 Å². The largest absolute Gasteiger partial charge is 0.462 e. The highest BCUT2D eigenvalue weighted by Crippen LogP contribution is 2.23. The average molecular weight is 993 g/mol. The van der Waals surface area contributed by atoms with E-state index in [2.05, 4.69) is 57.5 Å². The first-order chi connectivity index (χ1) is 35.6. The lowest BCUT2D eigenvalue weighted by molar-refractivity contribution is -0.140. The van der Waals surface area contributed by atoms with Gasteiger partial charge in [0.1, 0.15) is 0 Å². The lowest BCUT2D eigenvalue weighted by Gasteiger charge is -2.30. The van der Waals surface area contributed by atoms with E-state index in [0.29, 0.717) is 54.6 Å². The molecule has 0 fully saturated rings. The van der Waals surface area contributed by atoms with Gasteiger partial charge in [-0.2, -0.15) is 30.0 Å². The lowest BCUT2D eigenvalue weighted by atomic mass is 10.0. The monoisotopic (exact) mass is 993 g/mol. The van der Waals surface area contributed by atoms with Gasteiger partial charge in [0, 0.05) is 35.3 Å². The molecule has 0 amide bonds. The Morgan fingerprint density at radius 1 is 0.438 bits per heavy atom. The van der Waals surface area contributed by atoms with Crippen molar-refractivity contribution in [1.82, 2.24) is 4.90 Å². The molecule has 3 heterocycles. The number of unbranched alkanes of at least 4 members (excludes halogenated alkanes) is 3. The molecule has 73 heavy (non-hydrogen) atoms. The minimum absolute atomic E-state index is 0.220. The fraction of sp³-hybridized carbons (Fsp3) is 0.421. The molecule has 0 aromatic heterocycles. The van der Waals surface area contributed by atoms with Crippen LogP contribution < -0.4 is 16.0 Å². The maximum Gasteiger partial charge on any atom is 0.330 e. The minimum Gasteiger partial charge on any atom is -0.462 e. The Hall–Kier alpha value is -7.49. The molecule has 0 radical (unpaired) electrons. The molecule has 0 spiro atoms. The summed E-state index contributed by atoms with van der Waals surface area (Å²) < 4.78 is 16.6. The second-order valence-electron chi connectivity index (χ2n) is 18.3. The highest BCUT2D eigenvalue weighted by Gasteiger charge is 2.35. The molecule has 0 bridgehead atoms. The number of hydrogen-bond acceptors (Lipinski definition) is 16. The van der Waals surface area contributed by atoms with E-state index in [4.69, 9.17) is 44.2 Å². The van der Waals surface area contributed by atoms with E-state index in [1.807, 2.05) is 72.8 Å². The third-order valence-electron chi connectivity index (χ3n) is 12.6. The number of esters is 3. The summed E-state index contributed by atoms with van der Waals surface area (Å²) in [6.07, 6.45) is 22.3. The summed E-state index contributed by atoms with van der Waals surface area (Å²) in [5.41, 5.74) is 4.51. The standard InChI is InChI=1S/C57H72N10O6/c1-7-13-16-40(10-4)37-71-49(68)34-25-43-19-28-46(29-20-43)58-52-61-55-63-53(59-47-30-21-44(22-31-47)26-35-50(69)72-38-41(11-5)17-14-8-2)65-57-66-54(64-56(62-52)67(55)57)60-48-32-23-45(24-33-48)27-36-51(70)73-39-42(12-6)18-15-9-3/h19-36,40-42H,7-18,37-39H2,1-6H3,(H3,58,59,60,61,62,63,64,65,66). The Morgan fingerprint density at radius 3 is 0.959 bits per heavy atom. The second kappa shape index (κ2) is 29.1. The number of hydrogen-bond donors (Lipinski definition) is 3. The van der Waals surface area contributed by atoms with Crippen LogP contribution in [0.25, 0.3) is 18.2 Å². The first kappa shape index (κ1) is 54.8. The van der Waals surface area contributed by atoms with E-state index in [1.54, 1.807) is 23.1 Å². The van der Waals surface area contributed by atoms with E-state index >= 15 is 0 Å². The van der Waals surface area contributed by atoms with Crippen LogP contribution in [0.3, 0.4) is 0 Å². The van der Waals surface area contributed by atoms with Crippen molar-refractivity contribution in [3.05, 3.63) is 108 Å². The molecule has 0 saturated carbocycles. The Bertz CT molecular complexity index is 2310. The number of ether oxygens (including phenoxy) is 3. The van der Waals surface area contributed by atoms with E-state index in [0.717, 1.165) is 93.7 Å². The van der Waals surface area contributed by atoms with Crippen LogP contribution in [0.5, 0.6) is 0 Å². The summed E-state index contributed by atoms with van der Waals surface area (Å²) in [5, 5.41) is 9.80. The maximum absolute atomic E-state index is 12.5. The predicted molar refractivity (Wildman–Crippen MR) is 297 cm³/mol. The van der Waals surface area contributed by atoms with Crippen molar-refractivity contribution in [2.75, 3.05) is 35.8 Å². The zero-order chi connectivity index (χ0) is 51.8. The molecule has 3 aliphatic heterocycles. The fourth-order valence-electron chi connectivity index (χ4n) is 7.81. The van der Waals surface area contributed by atoms with Crippen molar-refractivity contribution in [2.24, 2.45) is 47.7 Å². The van der Waals surface area contributed by atoms with Crippen LogP contribution in [0.4, 0.5) is 17.1 Å². The van der Waals surface area contributed by atoms with E-state index in [9.17, 15) is 14.4 Å². The fourth-order valence-corrected chi connectivity index (χ4v) is 7.81. The number of benzene rings is 3. The van der Waals surface area contributed by atoms with Gasteiger partial charge < -0.3 is 30.2 Å². The number of aliphatic imine (C=N–C) groups is 6. The molecule has 3 aliphatic rings. The summed E-state index contributed by atoms with van der Waals surface area (Å²) in [5.74, 6) is 1.33. The smallest absolute Gasteiger partial charge is 0.330 e. The van der Waals surface area contributed by atoms with Crippen LogP contribution >= 0.6 is 0 Å². The van der Waals surface area contributed by atoms with Crippen molar-refractivity contribution in [2.45, 2.75) is 119 Å². The van der Waals surface area contributed by atoms with Gasteiger partial charge in [-0.3, -0.25) is 0 Å². The van der Waals surface area contributed by atoms with Crippen LogP contribution in [0.2, 0.25) is 0 Å². The molecular weight excluding hydrogens is 921 g/mol. The van der Waals surface area contributed by atoms with E-state index in [-0.39, 0.29) is 53.7 Å². The molecule has 0 aliphatic carbocycles. The zero-order valence-corrected chi connectivity index (χ0v) is 43.3. The predicted octanol–water partition coefficient (Wildman–Crippen LogP) is 12.1. The number of rotatable bonds is 27. The molecule has 0 saturated heterocycles. The topological polar surface area (TPSA) is 192 Å². The summed E-state index contributed by atoms with van der Waals surface area (Å²) in [6.45, 7) is 14.1. The molecule has 6 rings (SSSR count). The van der Waals surface area contributed by atoms with Gasteiger partial charge >= 0.3 is 17.9 Å². The molecule has 3 unspecified atom stereocenters. The normalized spacial score (nSPS) is 15.3. The van der Waals surface area contributed by atoms with E-state index in [1.165, 1.54) is 18.2 Å². The van der Waals surface area contributed by atoms with Gasteiger partial charge in [0.05, 0.1) is 19.8 Å². The molecule has 16 heteroatoms. The molecule has 386 valence electrons. The van der Waals surface area contributed by atoms with Gasteiger partial charge in [0.25, 0.3) is 0 Å². The van der Waals surface area contributed by atoms with Gasteiger partial charge in [0.15, 0.2) is 0 Å². The quantitative estimate of drug-likeness (QED) is 0.0376. The maximum atomic E-state index is 12.5. The number of carbonyl (C=O) groups is 3. The SMILES string of the molecule is CCCCC(CC)COC(=O)C=Cc1ccc(NC2=NC3=NC(Nc4ccc(C=CC(=O)OCC(CC)CCCC)cc4)=NC4=NC(Nc5ccc(C=CC(=O)OCC(CC)CCCC)cc5)=NC(=N2)N34)cc1. The van der Waals surface area contributed by atoms with Crippen LogP contribution in [0, 0.1) is 17.8 Å². The first-order valence-corrected chi connectivity index (χ1v) is 26.1. The molecule has 3 aromatic carbocycles. The summed E-state index contributed by atoms with van der Waals surface area (Å²) >= 11 is 0. The number of carbonyl (C=O) groups excluding carboxylic acids is 3. The van der Waals surface area contributed by atoms with Crippen molar-refractivity contribution in [3.63, 3.8) is 0 Å². The highest BCUT2D eigenvalue weighted by molar-refractivity contribution is 6.32. The zero-order valence-electron chi connectivity index (χ0n) is 43.3. The Balaban J connectivity index is 1.16. The number of anilines is 3. The average Bonchev–Trinajstić information content (AvgIpc) is 3.40. The molecule has 3 atom stereocenters. The summed E-state index contributed by atoms with van der Waals surface area (Å²) in [6, 6.07) is 22.4.